The Bertz CT molecular complexity index is 675. The molecule has 1 N–H and O–H groups in total. The molecule has 0 heterocycles. The van der Waals surface area contributed by atoms with Crippen LogP contribution in [0.1, 0.15) is 30.6 Å². The van der Waals surface area contributed by atoms with Gasteiger partial charge in [-0.05, 0) is 18.1 Å². The van der Waals surface area contributed by atoms with Gasteiger partial charge in [0.15, 0.2) is 0 Å². The summed E-state index contributed by atoms with van der Waals surface area (Å²) in [7, 11) is 0. The number of rotatable bonds is 8. The number of amides is 1. The second-order valence-corrected chi connectivity index (χ2v) is 6.40. The number of halogens is 7. The lowest BCUT2D eigenvalue weighted by molar-refractivity contribution is -0.356. The first-order valence-corrected chi connectivity index (χ1v) is 8.04. The molecule has 0 saturated heterocycles. The second kappa shape index (κ2) is 8.78. The predicted octanol–water partition coefficient (Wildman–Crippen LogP) is 4.21. The fourth-order valence-electron chi connectivity index (χ4n) is 1.97. The van der Waals surface area contributed by atoms with Gasteiger partial charge in [0.05, 0.1) is 6.61 Å². The zero-order valence-electron chi connectivity index (χ0n) is 14.8. The zero-order valence-corrected chi connectivity index (χ0v) is 14.8. The van der Waals surface area contributed by atoms with Crippen molar-refractivity contribution in [1.82, 2.24) is 5.32 Å². The quantitative estimate of drug-likeness (QED) is 0.510. The molecule has 0 saturated carbocycles. The van der Waals surface area contributed by atoms with Gasteiger partial charge >= 0.3 is 24.0 Å². The first-order valence-electron chi connectivity index (χ1n) is 8.04. The van der Waals surface area contributed by atoms with Crippen LogP contribution in [0.3, 0.4) is 0 Å². The fraction of sp³-hybridized carbons (Fsp3) is 0.529. The Morgan fingerprint density at radius 1 is 1.00 bits per heavy atom. The maximum absolute atomic E-state index is 13.7. The molecule has 0 aliphatic rings. The molecule has 1 amide bonds. The van der Waals surface area contributed by atoms with E-state index in [0.29, 0.717) is 0 Å². The van der Waals surface area contributed by atoms with Crippen molar-refractivity contribution in [1.29, 1.82) is 0 Å². The molecular formula is C17H18F7NO3. The van der Waals surface area contributed by atoms with Crippen LogP contribution in [0.5, 0.6) is 0 Å². The van der Waals surface area contributed by atoms with Crippen molar-refractivity contribution in [3.05, 3.63) is 35.9 Å². The molecule has 11 heteroatoms. The van der Waals surface area contributed by atoms with Crippen molar-refractivity contribution in [2.45, 2.75) is 44.3 Å². The van der Waals surface area contributed by atoms with Gasteiger partial charge in [-0.2, -0.15) is 30.7 Å². The Labute approximate surface area is 156 Å². The standard InChI is InChI=1S/C17H18F7NO3/c1-10(2)9-28-14(27)12(25-13(26)11-6-4-3-5-7-11)8-15(18,19)16(20,21)17(22,23)24/h3-7,10,12H,8-9H2,1-2H3,(H,25,26). The number of ether oxygens (including phenoxy) is 1. The molecular weight excluding hydrogens is 399 g/mol. The van der Waals surface area contributed by atoms with Crippen LogP contribution >= 0.6 is 0 Å². The van der Waals surface area contributed by atoms with E-state index in [4.69, 9.17) is 0 Å². The number of hydrogen-bond donors (Lipinski definition) is 1. The van der Waals surface area contributed by atoms with E-state index >= 15 is 0 Å². The third kappa shape index (κ3) is 5.83. The summed E-state index contributed by atoms with van der Waals surface area (Å²) in [4.78, 5) is 24.0. The maximum Gasteiger partial charge on any atom is 0.459 e. The van der Waals surface area contributed by atoms with Gasteiger partial charge in [-0.3, -0.25) is 4.79 Å². The number of carbonyl (C=O) groups is 2. The highest BCUT2D eigenvalue weighted by molar-refractivity contribution is 5.96. The third-order valence-corrected chi connectivity index (χ3v) is 3.46. The van der Waals surface area contributed by atoms with Crippen molar-refractivity contribution < 1.29 is 45.1 Å². The Balaban J connectivity index is 3.09. The SMILES string of the molecule is CC(C)COC(=O)C(CC(F)(F)C(F)(F)C(F)(F)F)NC(=O)c1ccccc1. The lowest BCUT2D eigenvalue weighted by atomic mass is 10.0. The van der Waals surface area contributed by atoms with E-state index in [1.165, 1.54) is 30.3 Å². The van der Waals surface area contributed by atoms with Crippen LogP contribution < -0.4 is 5.32 Å². The minimum atomic E-state index is -6.55. The van der Waals surface area contributed by atoms with Gasteiger partial charge in [0, 0.05) is 12.0 Å². The average molecular weight is 417 g/mol. The molecule has 1 aromatic rings. The summed E-state index contributed by atoms with van der Waals surface area (Å²) in [5.41, 5.74) is -0.116. The molecule has 0 spiro atoms. The molecule has 1 unspecified atom stereocenters. The number of hydrogen-bond acceptors (Lipinski definition) is 3. The van der Waals surface area contributed by atoms with Crippen molar-refractivity contribution in [3.63, 3.8) is 0 Å². The summed E-state index contributed by atoms with van der Waals surface area (Å²) in [5.74, 6) is -15.0. The highest BCUT2D eigenvalue weighted by Crippen LogP contribution is 2.48. The van der Waals surface area contributed by atoms with Crippen LogP contribution in [0, 0.1) is 5.92 Å². The van der Waals surface area contributed by atoms with Gasteiger partial charge in [-0.25, -0.2) is 4.79 Å². The van der Waals surface area contributed by atoms with Crippen molar-refractivity contribution in [2.75, 3.05) is 6.61 Å². The van der Waals surface area contributed by atoms with Gasteiger partial charge < -0.3 is 10.1 Å². The maximum atomic E-state index is 13.7. The highest BCUT2D eigenvalue weighted by atomic mass is 19.4. The Morgan fingerprint density at radius 3 is 2.00 bits per heavy atom. The Morgan fingerprint density at radius 2 is 1.54 bits per heavy atom. The largest absolute Gasteiger partial charge is 0.464 e. The molecule has 28 heavy (non-hydrogen) atoms. The topological polar surface area (TPSA) is 55.4 Å². The summed E-state index contributed by atoms with van der Waals surface area (Å²) in [6, 6.07) is 4.35. The van der Waals surface area contributed by atoms with E-state index in [1.54, 1.807) is 19.2 Å². The summed E-state index contributed by atoms with van der Waals surface area (Å²) >= 11 is 0. The van der Waals surface area contributed by atoms with E-state index in [1.807, 2.05) is 0 Å². The molecule has 0 aliphatic carbocycles. The van der Waals surface area contributed by atoms with Crippen LogP contribution in [0.2, 0.25) is 0 Å². The second-order valence-electron chi connectivity index (χ2n) is 6.40. The molecule has 158 valence electrons. The Hall–Kier alpha value is -2.33. The third-order valence-electron chi connectivity index (χ3n) is 3.46. The molecule has 1 rings (SSSR count). The van der Waals surface area contributed by atoms with Crippen LogP contribution in [0.4, 0.5) is 30.7 Å². The molecule has 0 bridgehead atoms. The normalized spacial score (nSPS) is 13.9. The monoisotopic (exact) mass is 417 g/mol. The number of alkyl halides is 7. The number of esters is 1. The van der Waals surface area contributed by atoms with Gasteiger partial charge in [-0.15, -0.1) is 0 Å². The van der Waals surface area contributed by atoms with Crippen molar-refractivity contribution in [3.8, 4) is 0 Å². The van der Waals surface area contributed by atoms with Crippen LogP contribution in [-0.4, -0.2) is 42.5 Å². The minimum absolute atomic E-state index is 0.116. The summed E-state index contributed by atoms with van der Waals surface area (Å²) in [5, 5.41) is 1.74. The van der Waals surface area contributed by atoms with Crippen LogP contribution in [0.15, 0.2) is 30.3 Å². The van der Waals surface area contributed by atoms with E-state index in [9.17, 15) is 40.3 Å². The van der Waals surface area contributed by atoms with E-state index < -0.39 is 42.4 Å². The first-order chi connectivity index (χ1) is 12.7. The summed E-state index contributed by atoms with van der Waals surface area (Å²) in [6.45, 7) is 2.85. The molecule has 0 aliphatic heterocycles. The van der Waals surface area contributed by atoms with Gasteiger partial charge in [0.2, 0.25) is 0 Å². The van der Waals surface area contributed by atoms with Gasteiger partial charge in [-0.1, -0.05) is 32.0 Å². The summed E-state index contributed by atoms with van der Waals surface area (Å²) < 4.78 is 95.4. The van der Waals surface area contributed by atoms with Crippen LogP contribution in [0.25, 0.3) is 0 Å². The van der Waals surface area contributed by atoms with E-state index in [0.717, 1.165) is 0 Å². The van der Waals surface area contributed by atoms with Gasteiger partial charge in [0.1, 0.15) is 6.04 Å². The smallest absolute Gasteiger partial charge is 0.459 e. The van der Waals surface area contributed by atoms with E-state index in [2.05, 4.69) is 4.74 Å². The lowest BCUT2D eigenvalue weighted by Crippen LogP contribution is -2.56. The first kappa shape index (κ1) is 23.7. The zero-order chi connectivity index (χ0) is 21.8. The van der Waals surface area contributed by atoms with E-state index in [-0.39, 0.29) is 18.1 Å². The highest BCUT2D eigenvalue weighted by Gasteiger charge is 2.73. The summed E-state index contributed by atoms with van der Waals surface area (Å²) in [6.07, 6.45) is -8.85. The fourth-order valence-corrected chi connectivity index (χ4v) is 1.97. The molecule has 4 nitrogen and oxygen atoms in total. The molecule has 1 aromatic carbocycles. The molecule has 0 aromatic heterocycles. The van der Waals surface area contributed by atoms with Crippen LogP contribution in [-0.2, 0) is 9.53 Å². The lowest BCUT2D eigenvalue weighted by Gasteiger charge is -2.30. The minimum Gasteiger partial charge on any atom is -0.464 e. The van der Waals surface area contributed by atoms with Crippen molar-refractivity contribution >= 4 is 11.9 Å². The number of nitrogens with one attached hydrogen (secondary N) is 1. The number of benzene rings is 1. The number of carbonyl (C=O) groups excluding carboxylic acids is 2. The average Bonchev–Trinajstić information content (AvgIpc) is 2.58. The molecule has 0 radical (unpaired) electrons. The predicted molar refractivity (Wildman–Crippen MR) is 84.1 cm³/mol. The molecule has 0 fully saturated rings. The van der Waals surface area contributed by atoms with Gasteiger partial charge in [0.25, 0.3) is 5.91 Å². The van der Waals surface area contributed by atoms with Crippen molar-refractivity contribution in [2.24, 2.45) is 5.92 Å². The molecule has 1 atom stereocenters. The Kier molecular flexibility index (Phi) is 7.44.